The molecule has 2 atom stereocenters. The van der Waals surface area contributed by atoms with Crippen LogP contribution in [-0.4, -0.2) is 34.7 Å². The Labute approximate surface area is 100 Å². The van der Waals surface area contributed by atoms with Crippen molar-refractivity contribution >= 4 is 0 Å². The Morgan fingerprint density at radius 3 is 2.81 bits per heavy atom. The van der Waals surface area contributed by atoms with E-state index in [1.807, 2.05) is 0 Å². The van der Waals surface area contributed by atoms with E-state index in [9.17, 15) is 5.11 Å². The minimum atomic E-state index is -0.331. The van der Waals surface area contributed by atoms with E-state index in [1.54, 1.807) is 0 Å². The summed E-state index contributed by atoms with van der Waals surface area (Å²) in [5, 5.41) is 10.7. The van der Waals surface area contributed by atoms with Gasteiger partial charge >= 0.3 is 0 Å². The summed E-state index contributed by atoms with van der Waals surface area (Å²) >= 11 is 0. The molecule has 0 aromatic rings. The van der Waals surface area contributed by atoms with Crippen molar-refractivity contribution in [3.63, 3.8) is 0 Å². The molecule has 0 aliphatic carbocycles. The van der Waals surface area contributed by atoms with Crippen LogP contribution < -0.4 is 0 Å². The van der Waals surface area contributed by atoms with Crippen molar-refractivity contribution in [2.75, 3.05) is 13.1 Å². The summed E-state index contributed by atoms with van der Waals surface area (Å²) in [5.74, 6) is 0. The molecule has 0 aromatic carbocycles. The topological polar surface area (TPSA) is 23.5 Å². The predicted molar refractivity (Wildman–Crippen MR) is 67.5 cm³/mol. The zero-order chi connectivity index (χ0) is 11.4. The highest BCUT2D eigenvalue weighted by atomic mass is 16.3. The van der Waals surface area contributed by atoms with Crippen LogP contribution in [0, 0.1) is 0 Å². The molecule has 16 heavy (non-hydrogen) atoms. The Morgan fingerprint density at radius 2 is 2.00 bits per heavy atom. The molecule has 2 saturated heterocycles. The van der Waals surface area contributed by atoms with Gasteiger partial charge in [0, 0.05) is 12.6 Å². The molecule has 2 rings (SSSR count). The lowest BCUT2D eigenvalue weighted by Crippen LogP contribution is -2.41. The van der Waals surface area contributed by atoms with Crippen molar-refractivity contribution in [3.8, 4) is 0 Å². The van der Waals surface area contributed by atoms with Crippen molar-refractivity contribution in [1.82, 2.24) is 4.90 Å². The normalized spacial score (nSPS) is 34.5. The average Bonchev–Trinajstić information content (AvgIpc) is 2.84. The number of fused-ring (bicyclic) bond motifs is 1. The van der Waals surface area contributed by atoms with Gasteiger partial charge in [0.05, 0.1) is 5.60 Å². The minimum absolute atomic E-state index is 0.331. The molecular formula is C14H27NO. The zero-order valence-electron chi connectivity index (χ0n) is 10.7. The highest BCUT2D eigenvalue weighted by Gasteiger charge is 2.47. The van der Waals surface area contributed by atoms with Crippen molar-refractivity contribution in [1.29, 1.82) is 0 Å². The van der Waals surface area contributed by atoms with Crippen molar-refractivity contribution < 1.29 is 5.11 Å². The highest BCUT2D eigenvalue weighted by Crippen LogP contribution is 2.39. The standard InChI is InChI=1S/C14H27NO/c1-2-3-4-5-6-9-14(16)10-12-15-11-7-8-13(14)15/h13,16H,2-12H2,1H3. The van der Waals surface area contributed by atoms with Crippen LogP contribution >= 0.6 is 0 Å². The van der Waals surface area contributed by atoms with E-state index in [4.69, 9.17) is 0 Å². The molecule has 2 aliphatic rings. The zero-order valence-corrected chi connectivity index (χ0v) is 10.7. The third-order valence-electron chi connectivity index (χ3n) is 4.53. The quantitative estimate of drug-likeness (QED) is 0.703. The summed E-state index contributed by atoms with van der Waals surface area (Å²) in [6.07, 6.45) is 11.1. The van der Waals surface area contributed by atoms with E-state index in [2.05, 4.69) is 11.8 Å². The molecule has 2 heteroatoms. The smallest absolute Gasteiger partial charge is 0.0814 e. The van der Waals surface area contributed by atoms with E-state index in [0.29, 0.717) is 6.04 Å². The van der Waals surface area contributed by atoms with Gasteiger partial charge in [0.1, 0.15) is 0 Å². The molecule has 0 aromatic heterocycles. The monoisotopic (exact) mass is 225 g/mol. The van der Waals surface area contributed by atoms with Gasteiger partial charge in [0.25, 0.3) is 0 Å². The van der Waals surface area contributed by atoms with Crippen molar-refractivity contribution in [2.45, 2.75) is 76.4 Å². The van der Waals surface area contributed by atoms with Crippen LogP contribution in [0.2, 0.25) is 0 Å². The van der Waals surface area contributed by atoms with Gasteiger partial charge in [0.2, 0.25) is 0 Å². The fourth-order valence-corrected chi connectivity index (χ4v) is 3.53. The second-order valence-electron chi connectivity index (χ2n) is 5.71. The first-order valence-corrected chi connectivity index (χ1v) is 7.23. The molecule has 2 nitrogen and oxygen atoms in total. The summed E-state index contributed by atoms with van der Waals surface area (Å²) in [6.45, 7) is 4.61. The van der Waals surface area contributed by atoms with Gasteiger partial charge in [-0.2, -0.15) is 0 Å². The maximum absolute atomic E-state index is 10.7. The van der Waals surface area contributed by atoms with E-state index in [1.165, 1.54) is 51.5 Å². The van der Waals surface area contributed by atoms with Gasteiger partial charge in [-0.25, -0.2) is 0 Å². The lowest BCUT2D eigenvalue weighted by atomic mass is 9.87. The second kappa shape index (κ2) is 5.50. The van der Waals surface area contributed by atoms with Gasteiger partial charge in [-0.1, -0.05) is 39.0 Å². The Hall–Kier alpha value is -0.0800. The molecule has 1 N–H and O–H groups in total. The van der Waals surface area contributed by atoms with Crippen LogP contribution in [0.4, 0.5) is 0 Å². The molecule has 2 fully saturated rings. The summed E-state index contributed by atoms with van der Waals surface area (Å²) < 4.78 is 0. The molecular weight excluding hydrogens is 198 g/mol. The maximum Gasteiger partial charge on any atom is 0.0814 e. The SMILES string of the molecule is CCCCCCCC1(O)CCN2CCCC21. The molecule has 2 unspecified atom stereocenters. The summed E-state index contributed by atoms with van der Waals surface area (Å²) in [4.78, 5) is 2.51. The number of aliphatic hydroxyl groups is 1. The van der Waals surface area contributed by atoms with Crippen LogP contribution in [0.1, 0.15) is 64.7 Å². The van der Waals surface area contributed by atoms with Crippen LogP contribution in [-0.2, 0) is 0 Å². The molecule has 2 aliphatic heterocycles. The Bertz CT molecular complexity index is 219. The molecule has 0 bridgehead atoms. The van der Waals surface area contributed by atoms with E-state index in [-0.39, 0.29) is 5.60 Å². The van der Waals surface area contributed by atoms with Crippen LogP contribution in [0.25, 0.3) is 0 Å². The molecule has 0 amide bonds. The van der Waals surface area contributed by atoms with Gasteiger partial charge < -0.3 is 5.11 Å². The van der Waals surface area contributed by atoms with Crippen molar-refractivity contribution in [2.24, 2.45) is 0 Å². The first kappa shape index (κ1) is 12.4. The number of nitrogens with zero attached hydrogens (tertiary/aromatic N) is 1. The minimum Gasteiger partial charge on any atom is -0.388 e. The maximum atomic E-state index is 10.7. The first-order valence-electron chi connectivity index (χ1n) is 7.23. The van der Waals surface area contributed by atoms with E-state index >= 15 is 0 Å². The van der Waals surface area contributed by atoms with E-state index < -0.39 is 0 Å². The number of rotatable bonds is 6. The second-order valence-corrected chi connectivity index (χ2v) is 5.71. The van der Waals surface area contributed by atoms with E-state index in [0.717, 1.165) is 19.4 Å². The number of unbranched alkanes of at least 4 members (excludes halogenated alkanes) is 4. The predicted octanol–water partition coefficient (Wildman–Crippen LogP) is 2.95. The lowest BCUT2D eigenvalue weighted by molar-refractivity contribution is 0.00361. The Kier molecular flexibility index (Phi) is 4.26. The molecule has 0 radical (unpaired) electrons. The average molecular weight is 225 g/mol. The molecule has 94 valence electrons. The number of hydrogen-bond acceptors (Lipinski definition) is 2. The van der Waals surface area contributed by atoms with Crippen LogP contribution in [0.5, 0.6) is 0 Å². The molecule has 0 saturated carbocycles. The fourth-order valence-electron chi connectivity index (χ4n) is 3.53. The third kappa shape index (κ3) is 2.60. The van der Waals surface area contributed by atoms with Gasteiger partial charge in [-0.3, -0.25) is 4.90 Å². The molecule has 0 spiro atoms. The van der Waals surface area contributed by atoms with Gasteiger partial charge in [-0.05, 0) is 32.2 Å². The third-order valence-corrected chi connectivity index (χ3v) is 4.53. The summed E-state index contributed by atoms with van der Waals surface area (Å²) in [6, 6.07) is 0.499. The van der Waals surface area contributed by atoms with Gasteiger partial charge in [0.15, 0.2) is 0 Å². The first-order chi connectivity index (χ1) is 7.76. The molecule has 2 heterocycles. The Morgan fingerprint density at radius 1 is 1.19 bits per heavy atom. The fraction of sp³-hybridized carbons (Fsp3) is 1.00. The summed E-state index contributed by atoms with van der Waals surface area (Å²) in [7, 11) is 0. The largest absolute Gasteiger partial charge is 0.388 e. The lowest BCUT2D eigenvalue weighted by Gasteiger charge is -2.30. The van der Waals surface area contributed by atoms with Crippen molar-refractivity contribution in [3.05, 3.63) is 0 Å². The van der Waals surface area contributed by atoms with Crippen LogP contribution in [0.15, 0.2) is 0 Å². The summed E-state index contributed by atoms with van der Waals surface area (Å²) in [5.41, 5.74) is -0.331. The van der Waals surface area contributed by atoms with Crippen LogP contribution in [0.3, 0.4) is 0 Å². The van der Waals surface area contributed by atoms with Gasteiger partial charge in [-0.15, -0.1) is 0 Å². The number of hydrogen-bond donors (Lipinski definition) is 1. The Balaban J connectivity index is 1.71. The highest BCUT2D eigenvalue weighted by molar-refractivity contribution is 5.02.